The minimum absolute atomic E-state index is 0.424. The zero-order chi connectivity index (χ0) is 16.1. The standard InChI is InChI=1S/2C9H20O/c2*1-5-7-10-8-6-9(2,3)4/h2*5-8H2,1-4H3. The van der Waals surface area contributed by atoms with Gasteiger partial charge in [-0.05, 0) is 36.5 Å². The summed E-state index contributed by atoms with van der Waals surface area (Å²) in [6.45, 7) is 21.4. The number of hydrogen-bond acceptors (Lipinski definition) is 2. The maximum atomic E-state index is 5.36. The Hall–Kier alpha value is -0.0800. The molecular weight excluding hydrogens is 248 g/mol. The van der Waals surface area contributed by atoms with Crippen LogP contribution in [0.2, 0.25) is 0 Å². The van der Waals surface area contributed by atoms with Crippen LogP contribution >= 0.6 is 0 Å². The second-order valence-electron chi connectivity index (χ2n) is 7.85. The van der Waals surface area contributed by atoms with Gasteiger partial charge in [-0.25, -0.2) is 0 Å². The Morgan fingerprint density at radius 3 is 1.05 bits per heavy atom. The Kier molecular flexibility index (Phi) is 14.0. The van der Waals surface area contributed by atoms with E-state index < -0.39 is 0 Å². The fraction of sp³-hybridized carbons (Fsp3) is 1.00. The molecule has 0 N–H and O–H groups in total. The molecule has 0 aliphatic heterocycles. The van der Waals surface area contributed by atoms with E-state index in [1.54, 1.807) is 0 Å². The van der Waals surface area contributed by atoms with E-state index in [0.29, 0.717) is 10.8 Å². The van der Waals surface area contributed by atoms with Crippen LogP contribution in [-0.2, 0) is 9.47 Å². The highest BCUT2D eigenvalue weighted by Gasteiger charge is 2.09. The number of hydrogen-bond donors (Lipinski definition) is 0. The van der Waals surface area contributed by atoms with Crippen molar-refractivity contribution < 1.29 is 9.47 Å². The van der Waals surface area contributed by atoms with E-state index >= 15 is 0 Å². The second kappa shape index (κ2) is 12.6. The fourth-order valence-electron chi connectivity index (χ4n) is 1.25. The lowest BCUT2D eigenvalue weighted by atomic mass is 9.93. The molecule has 0 rings (SSSR count). The summed E-state index contributed by atoms with van der Waals surface area (Å²) in [5.41, 5.74) is 0.849. The molecule has 0 spiro atoms. The maximum Gasteiger partial charge on any atom is 0.0471 e. The van der Waals surface area contributed by atoms with Gasteiger partial charge in [-0.3, -0.25) is 0 Å². The normalized spacial score (nSPS) is 12.0. The molecule has 2 nitrogen and oxygen atoms in total. The Bertz CT molecular complexity index is 165. The summed E-state index contributed by atoms with van der Waals surface area (Å²) in [5, 5.41) is 0. The molecule has 0 saturated heterocycles. The Morgan fingerprint density at radius 1 is 0.550 bits per heavy atom. The lowest BCUT2D eigenvalue weighted by Gasteiger charge is -2.17. The molecule has 124 valence electrons. The minimum atomic E-state index is 0.424. The number of ether oxygens (including phenoxy) is 2. The van der Waals surface area contributed by atoms with Crippen LogP contribution in [0.5, 0.6) is 0 Å². The summed E-state index contributed by atoms with van der Waals surface area (Å²) < 4.78 is 10.7. The lowest BCUT2D eigenvalue weighted by Crippen LogP contribution is -2.09. The van der Waals surface area contributed by atoms with Crippen LogP contribution in [0.15, 0.2) is 0 Å². The first kappa shape index (κ1) is 22.2. The van der Waals surface area contributed by atoms with Crippen molar-refractivity contribution in [1.82, 2.24) is 0 Å². The van der Waals surface area contributed by atoms with Crippen LogP contribution in [0.4, 0.5) is 0 Å². The largest absolute Gasteiger partial charge is 0.381 e. The molecule has 0 heterocycles. The summed E-state index contributed by atoms with van der Waals surface area (Å²) in [7, 11) is 0. The summed E-state index contributed by atoms with van der Waals surface area (Å²) in [6.07, 6.45) is 4.58. The first-order chi connectivity index (χ1) is 9.12. The van der Waals surface area contributed by atoms with Crippen molar-refractivity contribution >= 4 is 0 Å². The van der Waals surface area contributed by atoms with Gasteiger partial charge in [-0.2, -0.15) is 0 Å². The molecule has 2 heteroatoms. The molecule has 0 fully saturated rings. The second-order valence-corrected chi connectivity index (χ2v) is 7.85. The Labute approximate surface area is 128 Å². The first-order valence-electron chi connectivity index (χ1n) is 8.28. The highest BCUT2D eigenvalue weighted by atomic mass is 16.5. The molecule has 0 amide bonds. The highest BCUT2D eigenvalue weighted by Crippen LogP contribution is 2.18. The van der Waals surface area contributed by atoms with E-state index in [1.165, 1.54) is 0 Å². The third kappa shape index (κ3) is 26.5. The quantitative estimate of drug-likeness (QED) is 0.533. The van der Waals surface area contributed by atoms with Crippen molar-refractivity contribution in [2.75, 3.05) is 26.4 Å². The summed E-state index contributed by atoms with van der Waals surface area (Å²) in [6, 6.07) is 0. The van der Waals surface area contributed by atoms with Crippen molar-refractivity contribution in [1.29, 1.82) is 0 Å². The SMILES string of the molecule is CCCOCCC(C)(C)C.CCCOCCC(C)(C)C. The lowest BCUT2D eigenvalue weighted by molar-refractivity contribution is 0.109. The van der Waals surface area contributed by atoms with Gasteiger partial charge in [0.2, 0.25) is 0 Å². The van der Waals surface area contributed by atoms with Gasteiger partial charge >= 0.3 is 0 Å². The maximum absolute atomic E-state index is 5.36. The molecule has 0 aromatic rings. The highest BCUT2D eigenvalue weighted by molar-refractivity contribution is 4.60. The molecule has 0 unspecified atom stereocenters. The fourth-order valence-corrected chi connectivity index (χ4v) is 1.25. The van der Waals surface area contributed by atoms with Gasteiger partial charge in [0.15, 0.2) is 0 Å². The zero-order valence-corrected chi connectivity index (χ0v) is 15.5. The smallest absolute Gasteiger partial charge is 0.0471 e. The van der Waals surface area contributed by atoms with E-state index in [1.807, 2.05) is 0 Å². The van der Waals surface area contributed by atoms with Gasteiger partial charge < -0.3 is 9.47 Å². The van der Waals surface area contributed by atoms with Crippen molar-refractivity contribution in [3.05, 3.63) is 0 Å². The van der Waals surface area contributed by atoms with Gasteiger partial charge in [0.25, 0.3) is 0 Å². The van der Waals surface area contributed by atoms with Crippen LogP contribution in [0.3, 0.4) is 0 Å². The summed E-state index contributed by atoms with van der Waals surface area (Å²) >= 11 is 0. The Balaban J connectivity index is 0. The van der Waals surface area contributed by atoms with E-state index in [0.717, 1.165) is 52.1 Å². The molecule has 0 saturated carbocycles. The van der Waals surface area contributed by atoms with Crippen molar-refractivity contribution in [3.8, 4) is 0 Å². The van der Waals surface area contributed by atoms with Gasteiger partial charge in [-0.15, -0.1) is 0 Å². The number of rotatable bonds is 8. The summed E-state index contributed by atoms with van der Waals surface area (Å²) in [4.78, 5) is 0. The predicted octanol–water partition coefficient (Wildman–Crippen LogP) is 5.70. The zero-order valence-electron chi connectivity index (χ0n) is 15.5. The molecule has 0 radical (unpaired) electrons. The minimum Gasteiger partial charge on any atom is -0.381 e. The molecular formula is C18H40O2. The van der Waals surface area contributed by atoms with E-state index in [2.05, 4.69) is 55.4 Å². The van der Waals surface area contributed by atoms with E-state index in [-0.39, 0.29) is 0 Å². The molecule has 20 heavy (non-hydrogen) atoms. The first-order valence-corrected chi connectivity index (χ1v) is 8.28. The van der Waals surface area contributed by atoms with Crippen molar-refractivity contribution in [2.24, 2.45) is 10.8 Å². The van der Waals surface area contributed by atoms with Crippen molar-refractivity contribution in [2.45, 2.75) is 81.1 Å². The van der Waals surface area contributed by atoms with E-state index in [9.17, 15) is 0 Å². The molecule has 0 atom stereocenters. The topological polar surface area (TPSA) is 18.5 Å². The van der Waals surface area contributed by atoms with Crippen LogP contribution in [0.25, 0.3) is 0 Å². The molecule has 0 aliphatic carbocycles. The molecule has 0 aromatic heterocycles. The van der Waals surface area contributed by atoms with Crippen LogP contribution < -0.4 is 0 Å². The molecule has 0 bridgehead atoms. The third-order valence-corrected chi connectivity index (χ3v) is 2.69. The van der Waals surface area contributed by atoms with Crippen molar-refractivity contribution in [3.63, 3.8) is 0 Å². The summed E-state index contributed by atoms with van der Waals surface area (Å²) in [5.74, 6) is 0. The van der Waals surface area contributed by atoms with Gasteiger partial charge in [0.1, 0.15) is 0 Å². The Morgan fingerprint density at radius 2 is 0.850 bits per heavy atom. The average Bonchev–Trinajstić information content (AvgIpc) is 2.29. The molecule has 0 aliphatic rings. The average molecular weight is 289 g/mol. The van der Waals surface area contributed by atoms with Gasteiger partial charge in [0.05, 0.1) is 0 Å². The predicted molar refractivity (Wildman–Crippen MR) is 90.4 cm³/mol. The van der Waals surface area contributed by atoms with Gasteiger partial charge in [-0.1, -0.05) is 55.4 Å². The van der Waals surface area contributed by atoms with Gasteiger partial charge in [0, 0.05) is 26.4 Å². The molecule has 0 aromatic carbocycles. The van der Waals surface area contributed by atoms with Crippen LogP contribution in [0, 0.1) is 10.8 Å². The monoisotopic (exact) mass is 288 g/mol. The van der Waals surface area contributed by atoms with Crippen LogP contribution in [0.1, 0.15) is 81.1 Å². The van der Waals surface area contributed by atoms with Crippen LogP contribution in [-0.4, -0.2) is 26.4 Å². The third-order valence-electron chi connectivity index (χ3n) is 2.69. The van der Waals surface area contributed by atoms with E-state index in [4.69, 9.17) is 9.47 Å².